The minimum Gasteiger partial charge on any atom is -0.449 e. The molecule has 1 heterocycles. The quantitative estimate of drug-likeness (QED) is 0.611. The van der Waals surface area contributed by atoms with E-state index >= 15 is 0 Å². The van der Waals surface area contributed by atoms with E-state index < -0.39 is 29.7 Å². The molecule has 156 valence electrons. The van der Waals surface area contributed by atoms with Crippen LogP contribution < -0.4 is 5.32 Å². The van der Waals surface area contributed by atoms with E-state index in [-0.39, 0.29) is 16.3 Å². The van der Waals surface area contributed by atoms with Crippen LogP contribution in [0.2, 0.25) is 5.02 Å². The van der Waals surface area contributed by atoms with Gasteiger partial charge in [0.2, 0.25) is 0 Å². The van der Waals surface area contributed by atoms with Gasteiger partial charge in [-0.2, -0.15) is 13.2 Å². The SMILES string of the molecule is CC(OC(=O)c1cccc(-n2cnnn2)c1)C(=O)Nc1cc(C(F)(F)F)ccc1Cl. The van der Waals surface area contributed by atoms with Crippen molar-refractivity contribution < 1.29 is 27.5 Å². The van der Waals surface area contributed by atoms with Gasteiger partial charge in [0.15, 0.2) is 6.10 Å². The number of aromatic nitrogens is 4. The van der Waals surface area contributed by atoms with Gasteiger partial charge in [-0.25, -0.2) is 9.48 Å². The Balaban J connectivity index is 1.69. The van der Waals surface area contributed by atoms with Gasteiger partial charge in [-0.05, 0) is 53.7 Å². The first-order valence-corrected chi connectivity index (χ1v) is 8.75. The van der Waals surface area contributed by atoms with E-state index in [2.05, 4.69) is 20.8 Å². The van der Waals surface area contributed by atoms with Crippen molar-refractivity contribution in [1.82, 2.24) is 20.2 Å². The van der Waals surface area contributed by atoms with Gasteiger partial charge >= 0.3 is 12.1 Å². The van der Waals surface area contributed by atoms with Crippen LogP contribution in [0.25, 0.3) is 5.69 Å². The summed E-state index contributed by atoms with van der Waals surface area (Å²) in [7, 11) is 0. The first-order valence-electron chi connectivity index (χ1n) is 8.37. The van der Waals surface area contributed by atoms with Crippen molar-refractivity contribution in [2.45, 2.75) is 19.2 Å². The molecule has 8 nitrogen and oxygen atoms in total. The average molecular weight is 440 g/mol. The molecule has 1 atom stereocenters. The van der Waals surface area contributed by atoms with E-state index in [1.165, 1.54) is 30.1 Å². The summed E-state index contributed by atoms with van der Waals surface area (Å²) in [6.07, 6.45) is -4.58. The number of alkyl halides is 3. The molecule has 1 amide bonds. The summed E-state index contributed by atoms with van der Waals surface area (Å²) in [4.78, 5) is 24.6. The molecule has 1 aromatic heterocycles. The predicted molar refractivity (Wildman–Crippen MR) is 99.1 cm³/mol. The smallest absolute Gasteiger partial charge is 0.416 e. The summed E-state index contributed by atoms with van der Waals surface area (Å²) in [6.45, 7) is 1.28. The number of hydrogen-bond donors (Lipinski definition) is 1. The molecule has 3 aromatic rings. The van der Waals surface area contributed by atoms with Gasteiger partial charge in [-0.15, -0.1) is 5.10 Å². The molecule has 0 aliphatic carbocycles. The lowest BCUT2D eigenvalue weighted by Crippen LogP contribution is -2.30. The number of ether oxygens (including phenoxy) is 1. The van der Waals surface area contributed by atoms with Crippen LogP contribution in [0.3, 0.4) is 0 Å². The third-order valence-corrected chi connectivity index (χ3v) is 4.23. The predicted octanol–water partition coefficient (Wildman–Crippen LogP) is 3.52. The van der Waals surface area contributed by atoms with Crippen molar-refractivity contribution >= 4 is 29.2 Å². The van der Waals surface area contributed by atoms with Gasteiger partial charge in [0.05, 0.1) is 27.5 Å². The topological polar surface area (TPSA) is 99.0 Å². The lowest BCUT2D eigenvalue weighted by Gasteiger charge is -2.16. The molecule has 0 aliphatic rings. The Morgan fingerprint density at radius 2 is 1.97 bits per heavy atom. The zero-order valence-electron chi connectivity index (χ0n) is 15.2. The molecular formula is C18H13ClF3N5O3. The summed E-state index contributed by atoms with van der Waals surface area (Å²) in [5.74, 6) is -1.66. The standard InChI is InChI=1S/C18H13ClF3N5O3/c1-10(16(28)24-15-8-12(18(20,21)22)5-6-14(15)19)30-17(29)11-3-2-4-13(7-11)27-9-23-25-26-27/h2-10H,1H3,(H,24,28). The molecule has 0 aliphatic heterocycles. The molecule has 0 spiro atoms. The fourth-order valence-electron chi connectivity index (χ4n) is 2.37. The minimum atomic E-state index is -4.60. The summed E-state index contributed by atoms with van der Waals surface area (Å²) in [5, 5.41) is 12.8. The van der Waals surface area contributed by atoms with Crippen molar-refractivity contribution in [1.29, 1.82) is 0 Å². The highest BCUT2D eigenvalue weighted by Crippen LogP contribution is 2.33. The van der Waals surface area contributed by atoms with E-state index in [1.807, 2.05) is 0 Å². The van der Waals surface area contributed by atoms with Gasteiger partial charge in [-0.3, -0.25) is 4.79 Å². The maximum absolute atomic E-state index is 12.9. The van der Waals surface area contributed by atoms with Gasteiger partial charge in [-0.1, -0.05) is 17.7 Å². The van der Waals surface area contributed by atoms with E-state index in [0.717, 1.165) is 12.1 Å². The molecule has 0 bridgehead atoms. The molecular weight excluding hydrogens is 427 g/mol. The number of hydrogen-bond acceptors (Lipinski definition) is 6. The Morgan fingerprint density at radius 1 is 1.20 bits per heavy atom. The number of anilines is 1. The molecule has 30 heavy (non-hydrogen) atoms. The van der Waals surface area contributed by atoms with E-state index in [9.17, 15) is 22.8 Å². The summed E-state index contributed by atoms with van der Waals surface area (Å²) >= 11 is 5.85. The lowest BCUT2D eigenvalue weighted by molar-refractivity contribution is -0.137. The molecule has 1 unspecified atom stereocenters. The van der Waals surface area contributed by atoms with Gasteiger partial charge in [0.1, 0.15) is 6.33 Å². The highest BCUT2D eigenvalue weighted by molar-refractivity contribution is 6.33. The monoisotopic (exact) mass is 439 g/mol. The third kappa shape index (κ3) is 4.92. The molecule has 0 radical (unpaired) electrons. The third-order valence-electron chi connectivity index (χ3n) is 3.90. The summed E-state index contributed by atoms with van der Waals surface area (Å²) < 4.78 is 45.0. The number of tetrazole rings is 1. The second-order valence-corrected chi connectivity index (χ2v) is 6.44. The number of benzene rings is 2. The van der Waals surface area contributed by atoms with Crippen LogP contribution in [-0.2, 0) is 15.7 Å². The van der Waals surface area contributed by atoms with Gasteiger partial charge < -0.3 is 10.1 Å². The highest BCUT2D eigenvalue weighted by atomic mass is 35.5. The second kappa shape index (κ2) is 8.49. The first kappa shape index (κ1) is 21.2. The number of rotatable bonds is 5. The van der Waals surface area contributed by atoms with Crippen molar-refractivity contribution in [3.05, 3.63) is 64.9 Å². The molecule has 0 fully saturated rings. The largest absolute Gasteiger partial charge is 0.449 e. The molecule has 0 saturated carbocycles. The average Bonchev–Trinajstić information content (AvgIpc) is 3.23. The second-order valence-electron chi connectivity index (χ2n) is 6.03. The van der Waals surface area contributed by atoms with Crippen molar-refractivity contribution in [3.8, 4) is 5.69 Å². The number of nitrogens with zero attached hydrogens (tertiary/aromatic N) is 4. The fourth-order valence-corrected chi connectivity index (χ4v) is 2.53. The highest BCUT2D eigenvalue weighted by Gasteiger charge is 2.31. The van der Waals surface area contributed by atoms with Crippen LogP contribution in [0.4, 0.5) is 18.9 Å². The van der Waals surface area contributed by atoms with Crippen LogP contribution in [-0.4, -0.2) is 38.2 Å². The van der Waals surface area contributed by atoms with E-state index in [0.29, 0.717) is 11.8 Å². The Labute approximate surface area is 172 Å². The Kier molecular flexibility index (Phi) is 6.01. The van der Waals surface area contributed by atoms with Crippen LogP contribution in [0, 0.1) is 0 Å². The number of halogens is 4. The number of nitrogens with one attached hydrogen (secondary N) is 1. The molecule has 1 N–H and O–H groups in total. The van der Waals surface area contributed by atoms with Crippen LogP contribution >= 0.6 is 11.6 Å². The number of carbonyl (C=O) groups is 2. The van der Waals surface area contributed by atoms with Crippen LogP contribution in [0.15, 0.2) is 48.8 Å². The molecule has 0 saturated heterocycles. The van der Waals surface area contributed by atoms with Crippen molar-refractivity contribution in [2.24, 2.45) is 0 Å². The Bertz CT molecular complexity index is 1070. The minimum absolute atomic E-state index is 0.0935. The zero-order chi connectivity index (χ0) is 21.9. The number of carbonyl (C=O) groups excluding carboxylic acids is 2. The first-order chi connectivity index (χ1) is 14.1. The Hall–Kier alpha value is -3.47. The van der Waals surface area contributed by atoms with Crippen LogP contribution in [0.1, 0.15) is 22.8 Å². The maximum atomic E-state index is 12.9. The van der Waals surface area contributed by atoms with E-state index in [4.69, 9.17) is 16.3 Å². The van der Waals surface area contributed by atoms with Gasteiger partial charge in [0, 0.05) is 0 Å². The van der Waals surface area contributed by atoms with Crippen LogP contribution in [0.5, 0.6) is 0 Å². The summed E-state index contributed by atoms with van der Waals surface area (Å²) in [5.41, 5.74) is -0.617. The fraction of sp³-hybridized carbons (Fsp3) is 0.167. The number of esters is 1. The lowest BCUT2D eigenvalue weighted by atomic mass is 10.2. The molecule has 12 heteroatoms. The molecule has 3 rings (SSSR count). The van der Waals surface area contributed by atoms with Gasteiger partial charge in [0.25, 0.3) is 5.91 Å². The summed E-state index contributed by atoms with van der Waals surface area (Å²) in [6, 6.07) is 8.64. The normalized spacial score (nSPS) is 12.3. The number of amides is 1. The molecule has 2 aromatic carbocycles. The van der Waals surface area contributed by atoms with Crippen molar-refractivity contribution in [3.63, 3.8) is 0 Å². The van der Waals surface area contributed by atoms with E-state index in [1.54, 1.807) is 12.1 Å². The zero-order valence-corrected chi connectivity index (χ0v) is 16.0. The maximum Gasteiger partial charge on any atom is 0.416 e. The Morgan fingerprint density at radius 3 is 2.63 bits per heavy atom. The van der Waals surface area contributed by atoms with Crippen molar-refractivity contribution in [2.75, 3.05) is 5.32 Å².